The van der Waals surface area contributed by atoms with Crippen molar-refractivity contribution in [3.63, 3.8) is 0 Å². The molecule has 0 heterocycles. The summed E-state index contributed by atoms with van der Waals surface area (Å²) in [5.41, 5.74) is 6.21. The van der Waals surface area contributed by atoms with E-state index in [1.165, 1.54) is 25.3 Å². The predicted molar refractivity (Wildman–Crippen MR) is 51.9 cm³/mol. The lowest BCUT2D eigenvalue weighted by molar-refractivity contribution is -0.274. The Labute approximate surface area is 91.0 Å². The van der Waals surface area contributed by atoms with Crippen molar-refractivity contribution < 1.29 is 22.6 Å². The van der Waals surface area contributed by atoms with E-state index < -0.39 is 12.4 Å². The summed E-state index contributed by atoms with van der Waals surface area (Å²) in [5, 5.41) is 0. The smallest absolute Gasteiger partial charge is 0.406 e. The van der Waals surface area contributed by atoms with Crippen molar-refractivity contribution in [2.75, 3.05) is 13.7 Å². The Morgan fingerprint density at radius 1 is 1.38 bits per heavy atom. The molecule has 90 valence electrons. The first kappa shape index (κ1) is 12.8. The van der Waals surface area contributed by atoms with Crippen molar-refractivity contribution in [2.24, 2.45) is 5.73 Å². The van der Waals surface area contributed by atoms with E-state index in [1.54, 1.807) is 6.07 Å². The van der Waals surface area contributed by atoms with Gasteiger partial charge in [-0.2, -0.15) is 0 Å². The van der Waals surface area contributed by atoms with Crippen LogP contribution in [-0.4, -0.2) is 20.1 Å². The van der Waals surface area contributed by atoms with Gasteiger partial charge in [0.15, 0.2) is 0 Å². The second-order valence-electron chi connectivity index (χ2n) is 3.18. The fourth-order valence-corrected chi connectivity index (χ4v) is 1.22. The monoisotopic (exact) mass is 235 g/mol. The summed E-state index contributed by atoms with van der Waals surface area (Å²) in [5.74, 6) is -0.281. The van der Waals surface area contributed by atoms with Crippen LogP contribution in [0.25, 0.3) is 0 Å². The molecule has 2 N–H and O–H groups in total. The molecule has 1 rings (SSSR count). The summed E-state index contributed by atoms with van der Waals surface area (Å²) in [6, 6.07) is 5.06. The van der Waals surface area contributed by atoms with Gasteiger partial charge in [0.05, 0.1) is 12.6 Å². The molecule has 1 atom stereocenters. The Balaban J connectivity index is 2.78. The van der Waals surface area contributed by atoms with Crippen molar-refractivity contribution in [3.05, 3.63) is 29.8 Å². The molecule has 0 bridgehead atoms. The van der Waals surface area contributed by atoms with E-state index in [4.69, 9.17) is 10.5 Å². The zero-order valence-electron chi connectivity index (χ0n) is 8.62. The van der Waals surface area contributed by atoms with Gasteiger partial charge in [-0.05, 0) is 17.7 Å². The van der Waals surface area contributed by atoms with Gasteiger partial charge >= 0.3 is 6.36 Å². The molecular weight excluding hydrogens is 223 g/mol. The van der Waals surface area contributed by atoms with Crippen molar-refractivity contribution >= 4 is 0 Å². The summed E-state index contributed by atoms with van der Waals surface area (Å²) in [6.07, 6.45) is -4.69. The Bertz CT molecular complexity index is 341. The van der Waals surface area contributed by atoms with Gasteiger partial charge in [-0.3, -0.25) is 0 Å². The molecule has 0 radical (unpaired) electrons. The van der Waals surface area contributed by atoms with Crippen molar-refractivity contribution in [1.29, 1.82) is 0 Å². The molecule has 0 aliphatic heterocycles. The number of hydrogen-bond donors (Lipinski definition) is 1. The highest BCUT2D eigenvalue weighted by molar-refractivity contribution is 5.30. The largest absolute Gasteiger partial charge is 0.573 e. The van der Waals surface area contributed by atoms with Gasteiger partial charge in [0.25, 0.3) is 0 Å². The number of alkyl halides is 3. The Morgan fingerprint density at radius 2 is 2.06 bits per heavy atom. The summed E-state index contributed by atoms with van der Waals surface area (Å²) in [7, 11) is 1.47. The van der Waals surface area contributed by atoms with Crippen LogP contribution in [0.5, 0.6) is 5.75 Å². The highest BCUT2D eigenvalue weighted by Gasteiger charge is 2.31. The molecule has 0 spiro atoms. The fraction of sp³-hybridized carbons (Fsp3) is 0.400. The summed E-state index contributed by atoms with van der Waals surface area (Å²) >= 11 is 0. The molecule has 0 aliphatic carbocycles. The minimum absolute atomic E-state index is 0.232. The van der Waals surface area contributed by atoms with Crippen LogP contribution in [0.4, 0.5) is 13.2 Å². The van der Waals surface area contributed by atoms with Crippen LogP contribution in [0.2, 0.25) is 0 Å². The highest BCUT2D eigenvalue weighted by atomic mass is 19.4. The molecule has 1 aromatic rings. The summed E-state index contributed by atoms with van der Waals surface area (Å²) in [6.45, 7) is 0.232. The zero-order chi connectivity index (χ0) is 12.2. The number of ether oxygens (including phenoxy) is 2. The second kappa shape index (κ2) is 5.18. The van der Waals surface area contributed by atoms with E-state index in [9.17, 15) is 13.2 Å². The molecule has 0 unspecified atom stereocenters. The van der Waals surface area contributed by atoms with Crippen LogP contribution in [0.3, 0.4) is 0 Å². The van der Waals surface area contributed by atoms with Crippen LogP contribution in [0, 0.1) is 0 Å². The molecule has 6 heteroatoms. The molecule has 0 aliphatic rings. The Hall–Kier alpha value is -1.27. The van der Waals surface area contributed by atoms with Crippen molar-refractivity contribution in [2.45, 2.75) is 12.4 Å². The first-order valence-corrected chi connectivity index (χ1v) is 4.52. The van der Waals surface area contributed by atoms with Gasteiger partial charge in [-0.1, -0.05) is 12.1 Å². The number of rotatable bonds is 4. The van der Waals surface area contributed by atoms with Gasteiger partial charge in [-0.15, -0.1) is 13.2 Å². The number of methoxy groups -OCH3 is 1. The van der Waals surface area contributed by atoms with Crippen LogP contribution < -0.4 is 10.5 Å². The second-order valence-corrected chi connectivity index (χ2v) is 3.18. The van der Waals surface area contributed by atoms with Gasteiger partial charge in [-0.25, -0.2) is 0 Å². The van der Waals surface area contributed by atoms with Crippen molar-refractivity contribution in [3.8, 4) is 5.75 Å². The number of hydrogen-bond acceptors (Lipinski definition) is 3. The average Bonchev–Trinajstić information content (AvgIpc) is 2.16. The lowest BCUT2D eigenvalue weighted by atomic mass is 10.1. The Kier molecular flexibility index (Phi) is 4.14. The molecule has 1 aromatic carbocycles. The van der Waals surface area contributed by atoms with Gasteiger partial charge in [0.1, 0.15) is 5.75 Å². The third-order valence-electron chi connectivity index (χ3n) is 1.87. The number of nitrogens with two attached hydrogens (primary N) is 1. The zero-order valence-corrected chi connectivity index (χ0v) is 8.62. The van der Waals surface area contributed by atoms with E-state index in [2.05, 4.69) is 4.74 Å². The molecule has 0 amide bonds. The highest BCUT2D eigenvalue weighted by Crippen LogP contribution is 2.24. The third kappa shape index (κ3) is 4.08. The minimum Gasteiger partial charge on any atom is -0.406 e. The molecular formula is C10H12F3NO2. The molecule has 0 saturated carbocycles. The lowest BCUT2D eigenvalue weighted by Crippen LogP contribution is -2.19. The summed E-state index contributed by atoms with van der Waals surface area (Å²) < 4.78 is 44.4. The van der Waals surface area contributed by atoms with E-state index in [1.807, 2.05) is 0 Å². The SMILES string of the molecule is COC[C@H](N)c1cccc(OC(F)(F)F)c1. The lowest BCUT2D eigenvalue weighted by Gasteiger charge is -2.13. The van der Waals surface area contributed by atoms with Crippen molar-refractivity contribution in [1.82, 2.24) is 0 Å². The van der Waals surface area contributed by atoms with Crippen LogP contribution in [-0.2, 0) is 4.74 Å². The maximum Gasteiger partial charge on any atom is 0.573 e. The first-order valence-electron chi connectivity index (χ1n) is 4.52. The minimum atomic E-state index is -4.69. The van der Waals surface area contributed by atoms with E-state index in [0.717, 1.165) is 0 Å². The molecule has 0 saturated heterocycles. The van der Waals surface area contributed by atoms with Gasteiger partial charge in [0, 0.05) is 7.11 Å². The fourth-order valence-electron chi connectivity index (χ4n) is 1.22. The Morgan fingerprint density at radius 3 is 2.62 bits per heavy atom. The molecule has 3 nitrogen and oxygen atoms in total. The maximum absolute atomic E-state index is 11.9. The molecule has 16 heavy (non-hydrogen) atoms. The first-order chi connectivity index (χ1) is 7.42. The van der Waals surface area contributed by atoms with Gasteiger partial charge in [0.2, 0.25) is 0 Å². The quantitative estimate of drug-likeness (QED) is 0.870. The average molecular weight is 235 g/mol. The van der Waals surface area contributed by atoms with Gasteiger partial charge < -0.3 is 15.2 Å². The van der Waals surface area contributed by atoms with Crippen LogP contribution in [0.15, 0.2) is 24.3 Å². The molecule has 0 aromatic heterocycles. The summed E-state index contributed by atoms with van der Waals surface area (Å²) in [4.78, 5) is 0. The third-order valence-corrected chi connectivity index (χ3v) is 1.87. The van der Waals surface area contributed by atoms with E-state index >= 15 is 0 Å². The van der Waals surface area contributed by atoms with E-state index in [0.29, 0.717) is 5.56 Å². The van der Waals surface area contributed by atoms with E-state index in [-0.39, 0.29) is 12.4 Å². The predicted octanol–water partition coefficient (Wildman–Crippen LogP) is 2.23. The normalized spacial score (nSPS) is 13.6. The molecule has 0 fully saturated rings. The topological polar surface area (TPSA) is 44.5 Å². The number of benzene rings is 1. The maximum atomic E-state index is 11.9. The number of halogens is 3. The standard InChI is InChI=1S/C10H12F3NO2/c1-15-6-9(14)7-3-2-4-8(5-7)16-10(11,12)13/h2-5,9H,6,14H2,1H3/t9-/m0/s1. The van der Waals surface area contributed by atoms with Crippen LogP contribution in [0.1, 0.15) is 11.6 Å². The van der Waals surface area contributed by atoms with Crippen LogP contribution >= 0.6 is 0 Å².